The number of benzene rings is 1. The summed E-state index contributed by atoms with van der Waals surface area (Å²) in [4.78, 5) is 17.3. The van der Waals surface area contributed by atoms with E-state index in [0.29, 0.717) is 23.6 Å². The normalized spacial score (nSPS) is 11.8. The Hall–Kier alpha value is -2.82. The molecule has 3 rings (SSSR count). The summed E-state index contributed by atoms with van der Waals surface area (Å²) >= 11 is 0. The maximum atomic E-state index is 12.8. The lowest BCUT2D eigenvalue weighted by molar-refractivity contribution is 0.557. The van der Waals surface area contributed by atoms with Crippen molar-refractivity contribution in [2.45, 2.75) is 13.8 Å². The minimum absolute atomic E-state index is 0.132. The topological polar surface area (TPSA) is 63.3 Å². The van der Waals surface area contributed by atoms with Crippen LogP contribution in [0.5, 0.6) is 0 Å². The molecule has 0 amide bonds. The molecule has 0 saturated heterocycles. The zero-order valence-corrected chi connectivity index (χ0v) is 12.5. The number of para-hydroxylation sites is 1. The fourth-order valence-electron chi connectivity index (χ4n) is 2.44. The third-order valence-corrected chi connectivity index (χ3v) is 3.39. The molecule has 0 atom stereocenters. The van der Waals surface area contributed by atoms with E-state index in [0.717, 1.165) is 11.4 Å². The smallest absolute Gasteiger partial charge is 0.281 e. The van der Waals surface area contributed by atoms with E-state index in [4.69, 9.17) is 4.42 Å². The molecular formula is C17H17N3O2. The molecular weight excluding hydrogens is 278 g/mol. The zero-order chi connectivity index (χ0) is 15.5. The summed E-state index contributed by atoms with van der Waals surface area (Å²) in [6.45, 7) is 4.37. The standard InChI is InChI=1S/C17H17N3O2/c1-3-18-16(14-10-7-11-22-14)15-12(2)19-20(17(15)21)13-8-5-4-6-9-13/h4-11,19H,3H2,1-2H3. The molecule has 2 aromatic heterocycles. The quantitative estimate of drug-likeness (QED) is 0.752. The molecule has 0 aliphatic rings. The van der Waals surface area contributed by atoms with Gasteiger partial charge in [0.05, 0.1) is 17.5 Å². The van der Waals surface area contributed by atoms with E-state index < -0.39 is 0 Å². The van der Waals surface area contributed by atoms with Crippen molar-refractivity contribution >= 4 is 5.71 Å². The van der Waals surface area contributed by atoms with Crippen LogP contribution in [-0.2, 0) is 0 Å². The summed E-state index contributed by atoms with van der Waals surface area (Å²) < 4.78 is 6.96. The molecule has 1 aromatic carbocycles. The predicted molar refractivity (Wildman–Crippen MR) is 86.0 cm³/mol. The van der Waals surface area contributed by atoms with Gasteiger partial charge in [-0.2, -0.15) is 0 Å². The second-order valence-corrected chi connectivity index (χ2v) is 4.89. The van der Waals surface area contributed by atoms with Gasteiger partial charge in [0.1, 0.15) is 5.71 Å². The lowest BCUT2D eigenvalue weighted by Crippen LogP contribution is -2.21. The molecule has 0 radical (unpaired) electrons. The summed E-state index contributed by atoms with van der Waals surface area (Å²) in [5.74, 6) is 0.598. The maximum Gasteiger partial charge on any atom is 0.281 e. The molecule has 0 unspecified atom stereocenters. The minimum Gasteiger partial charge on any atom is -0.463 e. The van der Waals surface area contributed by atoms with E-state index in [1.807, 2.05) is 50.2 Å². The second-order valence-electron chi connectivity index (χ2n) is 4.89. The van der Waals surface area contributed by atoms with Gasteiger partial charge in [0, 0.05) is 12.2 Å². The fraction of sp³-hybridized carbons (Fsp3) is 0.176. The van der Waals surface area contributed by atoms with Crippen molar-refractivity contribution < 1.29 is 4.42 Å². The number of aliphatic imine (C=N–C) groups is 1. The average Bonchev–Trinajstić information content (AvgIpc) is 3.15. The number of nitrogens with one attached hydrogen (secondary N) is 1. The summed E-state index contributed by atoms with van der Waals surface area (Å²) in [6, 6.07) is 13.1. The van der Waals surface area contributed by atoms with Crippen LogP contribution in [0.2, 0.25) is 0 Å². The molecule has 0 aliphatic carbocycles. The van der Waals surface area contributed by atoms with E-state index in [1.165, 1.54) is 4.68 Å². The van der Waals surface area contributed by atoms with E-state index in [2.05, 4.69) is 10.1 Å². The molecule has 2 heterocycles. The van der Waals surface area contributed by atoms with Crippen LogP contribution in [0.3, 0.4) is 0 Å². The largest absolute Gasteiger partial charge is 0.463 e. The van der Waals surface area contributed by atoms with Gasteiger partial charge in [0.25, 0.3) is 5.56 Å². The minimum atomic E-state index is -0.132. The van der Waals surface area contributed by atoms with E-state index >= 15 is 0 Å². The van der Waals surface area contributed by atoms with Crippen molar-refractivity contribution in [2.24, 2.45) is 4.99 Å². The molecule has 5 nitrogen and oxygen atoms in total. The van der Waals surface area contributed by atoms with Crippen molar-refractivity contribution in [3.05, 3.63) is 76.1 Å². The van der Waals surface area contributed by atoms with Gasteiger partial charge < -0.3 is 4.42 Å². The third kappa shape index (κ3) is 2.41. The molecule has 112 valence electrons. The van der Waals surface area contributed by atoms with E-state index in [1.54, 1.807) is 12.3 Å². The van der Waals surface area contributed by atoms with Crippen molar-refractivity contribution in [3.8, 4) is 5.69 Å². The first-order chi connectivity index (χ1) is 10.7. The molecule has 0 aliphatic heterocycles. The first-order valence-electron chi connectivity index (χ1n) is 7.18. The van der Waals surface area contributed by atoms with E-state index in [9.17, 15) is 4.79 Å². The lowest BCUT2D eigenvalue weighted by Gasteiger charge is -2.01. The van der Waals surface area contributed by atoms with Gasteiger partial charge in [-0.25, -0.2) is 4.68 Å². The number of aryl methyl sites for hydroxylation is 1. The van der Waals surface area contributed by atoms with Crippen molar-refractivity contribution in [1.29, 1.82) is 0 Å². The lowest BCUT2D eigenvalue weighted by atomic mass is 10.1. The number of hydrogen-bond acceptors (Lipinski definition) is 3. The monoisotopic (exact) mass is 295 g/mol. The number of hydrogen-bond donors (Lipinski definition) is 1. The van der Waals surface area contributed by atoms with Gasteiger partial charge in [-0.3, -0.25) is 14.9 Å². The SMILES string of the molecule is CCN=C(c1ccco1)c1c(C)[nH]n(-c2ccccc2)c1=O. The Kier molecular flexibility index (Phi) is 3.78. The Bertz CT molecular complexity index is 840. The average molecular weight is 295 g/mol. The predicted octanol–water partition coefficient (Wildman–Crippen LogP) is 2.92. The Morgan fingerprint density at radius 3 is 2.64 bits per heavy atom. The highest BCUT2D eigenvalue weighted by atomic mass is 16.3. The van der Waals surface area contributed by atoms with Crippen LogP contribution in [0.15, 0.2) is 62.9 Å². The van der Waals surface area contributed by atoms with Crippen LogP contribution in [0.1, 0.15) is 23.9 Å². The molecule has 0 spiro atoms. The highest BCUT2D eigenvalue weighted by molar-refractivity contribution is 6.11. The van der Waals surface area contributed by atoms with Crippen LogP contribution < -0.4 is 5.56 Å². The number of furan rings is 1. The van der Waals surface area contributed by atoms with Gasteiger partial charge in [0.2, 0.25) is 0 Å². The summed E-state index contributed by atoms with van der Waals surface area (Å²) in [7, 11) is 0. The van der Waals surface area contributed by atoms with Gasteiger partial charge in [0.15, 0.2) is 5.76 Å². The number of aromatic nitrogens is 2. The second kappa shape index (κ2) is 5.89. The van der Waals surface area contributed by atoms with Crippen LogP contribution in [0.25, 0.3) is 5.69 Å². The summed E-state index contributed by atoms with van der Waals surface area (Å²) in [6.07, 6.45) is 1.58. The molecule has 0 bridgehead atoms. The van der Waals surface area contributed by atoms with Crippen molar-refractivity contribution in [1.82, 2.24) is 9.78 Å². The first kappa shape index (κ1) is 14.1. The van der Waals surface area contributed by atoms with Crippen LogP contribution >= 0.6 is 0 Å². The Labute approximate surface area is 127 Å². The van der Waals surface area contributed by atoms with Gasteiger partial charge in [-0.05, 0) is 38.1 Å². The Morgan fingerprint density at radius 1 is 1.23 bits per heavy atom. The molecule has 5 heteroatoms. The number of nitrogens with zero attached hydrogens (tertiary/aromatic N) is 2. The summed E-state index contributed by atoms with van der Waals surface area (Å²) in [5.41, 5.74) is 2.54. The molecule has 0 fully saturated rings. The van der Waals surface area contributed by atoms with Crippen LogP contribution in [0, 0.1) is 6.92 Å². The van der Waals surface area contributed by atoms with E-state index in [-0.39, 0.29) is 5.56 Å². The number of rotatable bonds is 4. The maximum absolute atomic E-state index is 12.8. The molecule has 1 N–H and O–H groups in total. The highest BCUT2D eigenvalue weighted by Crippen LogP contribution is 2.13. The zero-order valence-electron chi connectivity index (χ0n) is 12.5. The van der Waals surface area contributed by atoms with Crippen LogP contribution in [-0.4, -0.2) is 22.0 Å². The number of H-pyrrole nitrogens is 1. The Balaban J connectivity index is 2.18. The highest BCUT2D eigenvalue weighted by Gasteiger charge is 2.20. The number of aromatic amines is 1. The van der Waals surface area contributed by atoms with Gasteiger partial charge in [-0.15, -0.1) is 0 Å². The molecule has 0 saturated carbocycles. The third-order valence-electron chi connectivity index (χ3n) is 3.39. The fourth-order valence-corrected chi connectivity index (χ4v) is 2.44. The van der Waals surface area contributed by atoms with Crippen molar-refractivity contribution in [3.63, 3.8) is 0 Å². The molecule has 3 aromatic rings. The summed E-state index contributed by atoms with van der Waals surface area (Å²) in [5, 5.41) is 3.11. The van der Waals surface area contributed by atoms with Crippen molar-refractivity contribution in [2.75, 3.05) is 6.54 Å². The molecule has 22 heavy (non-hydrogen) atoms. The van der Waals surface area contributed by atoms with Gasteiger partial charge >= 0.3 is 0 Å². The Morgan fingerprint density at radius 2 is 2.00 bits per heavy atom. The van der Waals surface area contributed by atoms with Gasteiger partial charge in [-0.1, -0.05) is 18.2 Å². The first-order valence-corrected chi connectivity index (χ1v) is 7.18. The van der Waals surface area contributed by atoms with Crippen LogP contribution in [0.4, 0.5) is 0 Å².